The van der Waals surface area contributed by atoms with Crippen molar-refractivity contribution in [3.8, 4) is 0 Å². The van der Waals surface area contributed by atoms with Gasteiger partial charge >= 0.3 is 0 Å². The summed E-state index contributed by atoms with van der Waals surface area (Å²) in [5, 5.41) is 7.36. The van der Waals surface area contributed by atoms with E-state index in [2.05, 4.69) is 33.0 Å². The highest BCUT2D eigenvalue weighted by atomic mass is 127. The van der Waals surface area contributed by atoms with E-state index < -0.39 is 0 Å². The summed E-state index contributed by atoms with van der Waals surface area (Å²) in [7, 11) is 0. The van der Waals surface area contributed by atoms with E-state index in [1.54, 1.807) is 12.3 Å². The normalized spacial score (nSPS) is 10.7. The fraction of sp³-hybridized carbons (Fsp3) is 0.286. The molecule has 0 aliphatic heterocycles. The molecule has 1 aromatic heterocycles. The first-order chi connectivity index (χ1) is 9.04. The number of aromatic nitrogens is 2. The van der Waals surface area contributed by atoms with Crippen molar-refractivity contribution in [3.63, 3.8) is 0 Å². The van der Waals surface area contributed by atoms with Gasteiger partial charge in [-0.25, -0.2) is 4.68 Å². The van der Waals surface area contributed by atoms with Gasteiger partial charge in [0, 0.05) is 15.7 Å². The lowest BCUT2D eigenvalue weighted by Gasteiger charge is -2.10. The highest BCUT2D eigenvalue weighted by Crippen LogP contribution is 2.08. The average Bonchev–Trinajstić information content (AvgIpc) is 2.34. The maximum Gasteiger partial charge on any atom is 0.269 e. The summed E-state index contributed by atoms with van der Waals surface area (Å²) >= 11 is 2.26. The topological polar surface area (TPSA) is 46.9 Å². The molecular weight excluding hydrogens is 353 g/mol. The van der Waals surface area contributed by atoms with Gasteiger partial charge in [-0.15, -0.1) is 0 Å². The number of anilines is 1. The van der Waals surface area contributed by atoms with Crippen molar-refractivity contribution in [2.24, 2.45) is 0 Å². The van der Waals surface area contributed by atoms with Crippen LogP contribution in [-0.2, 0) is 6.54 Å². The van der Waals surface area contributed by atoms with Gasteiger partial charge in [0.25, 0.3) is 5.56 Å². The number of hydrogen-bond donors (Lipinski definition) is 1. The lowest BCUT2D eigenvalue weighted by molar-refractivity contribution is 0.639. The van der Waals surface area contributed by atoms with Gasteiger partial charge in [-0.1, -0.05) is 12.1 Å². The second-order valence-corrected chi connectivity index (χ2v) is 5.91. The van der Waals surface area contributed by atoms with Crippen LogP contribution in [0.25, 0.3) is 0 Å². The summed E-state index contributed by atoms with van der Waals surface area (Å²) in [6.45, 7) is 4.55. The Morgan fingerprint density at radius 3 is 2.58 bits per heavy atom. The highest BCUT2D eigenvalue weighted by molar-refractivity contribution is 14.1. The Kier molecular flexibility index (Phi) is 4.57. The quantitative estimate of drug-likeness (QED) is 0.844. The van der Waals surface area contributed by atoms with Crippen molar-refractivity contribution >= 4 is 28.3 Å². The maximum absolute atomic E-state index is 12.0. The molecule has 0 saturated heterocycles. The Hall–Kier alpha value is -1.37. The van der Waals surface area contributed by atoms with Gasteiger partial charge in [-0.05, 0) is 54.1 Å². The molecule has 100 valence electrons. The Morgan fingerprint density at radius 1 is 1.32 bits per heavy atom. The molecule has 5 heteroatoms. The van der Waals surface area contributed by atoms with Gasteiger partial charge in [0.05, 0.1) is 18.4 Å². The van der Waals surface area contributed by atoms with Crippen LogP contribution in [0, 0.1) is 3.57 Å². The van der Waals surface area contributed by atoms with E-state index in [1.807, 2.05) is 38.1 Å². The molecule has 1 heterocycles. The number of hydrogen-bond acceptors (Lipinski definition) is 3. The molecule has 0 bridgehead atoms. The summed E-state index contributed by atoms with van der Waals surface area (Å²) in [6.07, 6.45) is 1.69. The van der Waals surface area contributed by atoms with Gasteiger partial charge in [-0.2, -0.15) is 5.10 Å². The van der Waals surface area contributed by atoms with E-state index in [9.17, 15) is 4.79 Å². The molecule has 0 atom stereocenters. The Morgan fingerprint density at radius 2 is 2.00 bits per heavy atom. The van der Waals surface area contributed by atoms with Crippen molar-refractivity contribution in [1.82, 2.24) is 9.78 Å². The molecule has 2 aromatic rings. The zero-order valence-electron chi connectivity index (χ0n) is 10.9. The van der Waals surface area contributed by atoms with Crippen LogP contribution in [0.3, 0.4) is 0 Å². The lowest BCUT2D eigenvalue weighted by Crippen LogP contribution is -2.24. The summed E-state index contributed by atoms with van der Waals surface area (Å²) in [6, 6.07) is 9.94. The predicted octanol–water partition coefficient (Wildman–Crippen LogP) is 2.72. The first kappa shape index (κ1) is 14.0. The zero-order chi connectivity index (χ0) is 13.8. The van der Waals surface area contributed by atoms with Crippen LogP contribution in [0.2, 0.25) is 0 Å². The van der Waals surface area contributed by atoms with Gasteiger partial charge < -0.3 is 5.32 Å². The molecule has 0 saturated carbocycles. The molecule has 0 aliphatic carbocycles. The van der Waals surface area contributed by atoms with Crippen LogP contribution in [-0.4, -0.2) is 15.8 Å². The summed E-state index contributed by atoms with van der Waals surface area (Å²) in [5.74, 6) is 0. The fourth-order valence-electron chi connectivity index (χ4n) is 1.73. The standard InChI is InChI=1S/C14H16IN3O/c1-10(2)17-13-7-14(19)18(16-8-13)9-11-3-5-12(15)6-4-11/h3-8,10,17H,9H2,1-2H3. The third-order valence-electron chi connectivity index (χ3n) is 2.57. The predicted molar refractivity (Wildman–Crippen MR) is 85.5 cm³/mol. The summed E-state index contributed by atoms with van der Waals surface area (Å²) < 4.78 is 2.64. The first-order valence-electron chi connectivity index (χ1n) is 6.13. The Labute approximate surface area is 126 Å². The van der Waals surface area contributed by atoms with Crippen LogP contribution < -0.4 is 10.9 Å². The Bertz CT molecular complexity index is 605. The molecule has 0 aliphatic rings. The fourth-order valence-corrected chi connectivity index (χ4v) is 2.09. The zero-order valence-corrected chi connectivity index (χ0v) is 13.1. The molecule has 0 amide bonds. The Balaban J connectivity index is 2.17. The number of halogens is 1. The smallest absolute Gasteiger partial charge is 0.269 e. The van der Waals surface area contributed by atoms with E-state index in [4.69, 9.17) is 0 Å². The lowest BCUT2D eigenvalue weighted by atomic mass is 10.2. The molecular formula is C14H16IN3O. The average molecular weight is 369 g/mol. The van der Waals surface area contributed by atoms with E-state index in [1.165, 1.54) is 8.25 Å². The van der Waals surface area contributed by atoms with Gasteiger partial charge in [0.1, 0.15) is 0 Å². The molecule has 0 spiro atoms. The summed E-state index contributed by atoms with van der Waals surface area (Å²) in [5.41, 5.74) is 1.74. The third-order valence-corrected chi connectivity index (χ3v) is 3.29. The van der Waals surface area contributed by atoms with Gasteiger partial charge in [-0.3, -0.25) is 4.79 Å². The molecule has 0 fully saturated rings. The molecule has 19 heavy (non-hydrogen) atoms. The van der Waals surface area contributed by atoms with Crippen molar-refractivity contribution in [3.05, 3.63) is 56.0 Å². The molecule has 1 aromatic carbocycles. The minimum absolute atomic E-state index is 0.0933. The van der Waals surface area contributed by atoms with Gasteiger partial charge in [0.2, 0.25) is 0 Å². The van der Waals surface area contributed by atoms with Crippen molar-refractivity contribution in [2.45, 2.75) is 26.4 Å². The molecule has 1 N–H and O–H groups in total. The number of rotatable bonds is 4. The third kappa shape index (κ3) is 4.05. The number of nitrogens with one attached hydrogen (secondary N) is 1. The minimum atomic E-state index is -0.0933. The van der Waals surface area contributed by atoms with Crippen LogP contribution >= 0.6 is 22.6 Å². The second-order valence-electron chi connectivity index (χ2n) is 4.67. The highest BCUT2D eigenvalue weighted by Gasteiger charge is 2.02. The van der Waals surface area contributed by atoms with Crippen LogP contribution in [0.4, 0.5) is 5.69 Å². The molecule has 4 nitrogen and oxygen atoms in total. The first-order valence-corrected chi connectivity index (χ1v) is 7.20. The number of benzene rings is 1. The van der Waals surface area contributed by atoms with E-state index in [0.29, 0.717) is 6.54 Å². The van der Waals surface area contributed by atoms with Crippen LogP contribution in [0.1, 0.15) is 19.4 Å². The molecule has 0 radical (unpaired) electrons. The summed E-state index contributed by atoms with van der Waals surface area (Å²) in [4.78, 5) is 12.0. The maximum atomic E-state index is 12.0. The van der Waals surface area contributed by atoms with E-state index in [-0.39, 0.29) is 11.6 Å². The number of nitrogens with zero attached hydrogens (tertiary/aromatic N) is 2. The monoisotopic (exact) mass is 369 g/mol. The van der Waals surface area contributed by atoms with Crippen LogP contribution in [0.5, 0.6) is 0 Å². The SMILES string of the molecule is CC(C)Nc1cnn(Cc2ccc(I)cc2)c(=O)c1. The van der Waals surface area contributed by atoms with Crippen molar-refractivity contribution in [1.29, 1.82) is 0 Å². The van der Waals surface area contributed by atoms with E-state index >= 15 is 0 Å². The van der Waals surface area contributed by atoms with Crippen LogP contribution in [0.15, 0.2) is 41.3 Å². The minimum Gasteiger partial charge on any atom is -0.381 e. The largest absolute Gasteiger partial charge is 0.381 e. The molecule has 0 unspecified atom stereocenters. The molecule has 2 rings (SSSR count). The van der Waals surface area contributed by atoms with E-state index in [0.717, 1.165) is 11.3 Å². The van der Waals surface area contributed by atoms with Crippen molar-refractivity contribution in [2.75, 3.05) is 5.32 Å². The van der Waals surface area contributed by atoms with Gasteiger partial charge in [0.15, 0.2) is 0 Å². The van der Waals surface area contributed by atoms with Crippen molar-refractivity contribution < 1.29 is 0 Å². The second kappa shape index (κ2) is 6.18.